The van der Waals surface area contributed by atoms with Gasteiger partial charge in [0.2, 0.25) is 0 Å². The van der Waals surface area contributed by atoms with Gasteiger partial charge < -0.3 is 14.4 Å². The molecule has 1 aromatic heterocycles. The Bertz CT molecular complexity index is 314. The third-order valence-electron chi connectivity index (χ3n) is 1.96. The van der Waals surface area contributed by atoms with Gasteiger partial charge in [-0.3, -0.25) is 0 Å². The standard InChI is InChI=1S/C9H10N2O2/c12-6-4-11-5-7-13-8-2-1-3-10-9(8)11/h1-3,6H,4-5,7H2. The van der Waals surface area contributed by atoms with Crippen LogP contribution in [-0.2, 0) is 4.79 Å². The molecule has 4 nitrogen and oxygen atoms in total. The Labute approximate surface area is 76.1 Å². The SMILES string of the molecule is O=CCN1CCOc2cccnc21. The van der Waals surface area contributed by atoms with Crippen LogP contribution in [0.25, 0.3) is 0 Å². The highest BCUT2D eigenvalue weighted by Gasteiger charge is 2.17. The molecule has 0 aliphatic carbocycles. The Morgan fingerprint density at radius 1 is 1.69 bits per heavy atom. The Kier molecular flexibility index (Phi) is 2.12. The predicted molar refractivity (Wildman–Crippen MR) is 48.0 cm³/mol. The maximum Gasteiger partial charge on any atom is 0.171 e. The van der Waals surface area contributed by atoms with Crippen molar-refractivity contribution in [3.05, 3.63) is 18.3 Å². The van der Waals surface area contributed by atoms with Gasteiger partial charge in [0.25, 0.3) is 0 Å². The lowest BCUT2D eigenvalue weighted by atomic mass is 10.3. The maximum absolute atomic E-state index is 10.4. The highest BCUT2D eigenvalue weighted by atomic mass is 16.5. The second-order valence-electron chi connectivity index (χ2n) is 2.79. The minimum Gasteiger partial charge on any atom is -0.488 e. The molecule has 13 heavy (non-hydrogen) atoms. The number of nitrogens with zero attached hydrogens (tertiary/aromatic N) is 2. The molecule has 0 saturated heterocycles. The molecule has 0 amide bonds. The van der Waals surface area contributed by atoms with Crippen LogP contribution < -0.4 is 9.64 Å². The first-order valence-corrected chi connectivity index (χ1v) is 4.18. The van der Waals surface area contributed by atoms with Gasteiger partial charge in [-0.05, 0) is 12.1 Å². The van der Waals surface area contributed by atoms with Crippen molar-refractivity contribution in [1.29, 1.82) is 0 Å². The number of carbonyl (C=O) groups excluding carboxylic acids is 1. The summed E-state index contributed by atoms with van der Waals surface area (Å²) in [5, 5.41) is 0. The first-order valence-electron chi connectivity index (χ1n) is 4.18. The Balaban J connectivity index is 2.31. The van der Waals surface area contributed by atoms with Crippen LogP contribution in [0.3, 0.4) is 0 Å². The fourth-order valence-corrected chi connectivity index (χ4v) is 1.37. The first-order chi connectivity index (χ1) is 6.42. The van der Waals surface area contributed by atoms with Crippen LogP contribution in [-0.4, -0.2) is 31.0 Å². The van der Waals surface area contributed by atoms with E-state index in [1.54, 1.807) is 6.20 Å². The molecule has 0 unspecified atom stereocenters. The lowest BCUT2D eigenvalue weighted by molar-refractivity contribution is -0.106. The van der Waals surface area contributed by atoms with E-state index in [1.807, 2.05) is 17.0 Å². The second-order valence-corrected chi connectivity index (χ2v) is 2.79. The van der Waals surface area contributed by atoms with E-state index in [-0.39, 0.29) is 0 Å². The highest BCUT2D eigenvalue weighted by Crippen LogP contribution is 2.27. The quantitative estimate of drug-likeness (QED) is 0.618. The molecule has 0 spiro atoms. The number of pyridine rings is 1. The van der Waals surface area contributed by atoms with Gasteiger partial charge in [-0.15, -0.1) is 0 Å². The van der Waals surface area contributed by atoms with Crippen molar-refractivity contribution in [1.82, 2.24) is 4.98 Å². The van der Waals surface area contributed by atoms with E-state index in [0.717, 1.165) is 24.4 Å². The number of aromatic nitrogens is 1. The zero-order valence-electron chi connectivity index (χ0n) is 7.14. The van der Waals surface area contributed by atoms with Gasteiger partial charge in [-0.1, -0.05) is 0 Å². The van der Waals surface area contributed by atoms with E-state index >= 15 is 0 Å². The van der Waals surface area contributed by atoms with E-state index < -0.39 is 0 Å². The fourth-order valence-electron chi connectivity index (χ4n) is 1.37. The summed E-state index contributed by atoms with van der Waals surface area (Å²) in [6, 6.07) is 3.68. The summed E-state index contributed by atoms with van der Waals surface area (Å²) in [5.74, 6) is 1.52. The molecule has 0 aromatic carbocycles. The molecule has 0 saturated carbocycles. The number of ether oxygens (including phenoxy) is 1. The van der Waals surface area contributed by atoms with E-state index in [9.17, 15) is 4.79 Å². The molecule has 0 radical (unpaired) electrons. The maximum atomic E-state index is 10.4. The highest BCUT2D eigenvalue weighted by molar-refractivity contribution is 5.63. The average Bonchev–Trinajstić information content (AvgIpc) is 2.19. The van der Waals surface area contributed by atoms with Gasteiger partial charge in [0.15, 0.2) is 11.6 Å². The van der Waals surface area contributed by atoms with Crippen molar-refractivity contribution < 1.29 is 9.53 Å². The summed E-state index contributed by atoms with van der Waals surface area (Å²) in [7, 11) is 0. The largest absolute Gasteiger partial charge is 0.488 e. The van der Waals surface area contributed by atoms with E-state index in [2.05, 4.69) is 4.98 Å². The molecule has 68 valence electrons. The van der Waals surface area contributed by atoms with Crippen LogP contribution in [0, 0.1) is 0 Å². The Morgan fingerprint density at radius 2 is 2.62 bits per heavy atom. The minimum absolute atomic E-state index is 0.382. The van der Waals surface area contributed by atoms with Gasteiger partial charge in [0.1, 0.15) is 12.9 Å². The lowest BCUT2D eigenvalue weighted by Gasteiger charge is -2.27. The summed E-state index contributed by atoms with van der Waals surface area (Å²) in [5.41, 5.74) is 0. The molecular weight excluding hydrogens is 168 g/mol. The predicted octanol–water partition coefficient (Wildman–Crippen LogP) is 0.479. The van der Waals surface area contributed by atoms with Crippen molar-refractivity contribution in [3.8, 4) is 5.75 Å². The number of anilines is 1. The molecule has 0 N–H and O–H groups in total. The Morgan fingerprint density at radius 3 is 3.46 bits per heavy atom. The monoisotopic (exact) mass is 178 g/mol. The zero-order valence-corrected chi connectivity index (χ0v) is 7.14. The topological polar surface area (TPSA) is 42.4 Å². The number of hydrogen-bond acceptors (Lipinski definition) is 4. The third kappa shape index (κ3) is 1.47. The molecule has 2 rings (SSSR count). The van der Waals surface area contributed by atoms with Crippen molar-refractivity contribution in [3.63, 3.8) is 0 Å². The minimum atomic E-state index is 0.382. The fraction of sp³-hybridized carbons (Fsp3) is 0.333. The Hall–Kier alpha value is -1.58. The zero-order chi connectivity index (χ0) is 9.10. The summed E-state index contributed by atoms with van der Waals surface area (Å²) >= 11 is 0. The first kappa shape index (κ1) is 8.04. The van der Waals surface area contributed by atoms with Crippen LogP contribution in [0.2, 0.25) is 0 Å². The number of aldehydes is 1. The van der Waals surface area contributed by atoms with Crippen molar-refractivity contribution in [2.45, 2.75) is 0 Å². The molecule has 1 aliphatic heterocycles. The molecule has 4 heteroatoms. The van der Waals surface area contributed by atoms with E-state index in [1.165, 1.54) is 0 Å². The molecule has 0 fully saturated rings. The summed E-state index contributed by atoms with van der Waals surface area (Å²) < 4.78 is 5.38. The molecule has 1 aromatic rings. The van der Waals surface area contributed by atoms with Gasteiger partial charge in [-0.25, -0.2) is 4.98 Å². The average molecular weight is 178 g/mol. The van der Waals surface area contributed by atoms with Crippen LogP contribution >= 0.6 is 0 Å². The van der Waals surface area contributed by atoms with E-state index in [0.29, 0.717) is 13.2 Å². The van der Waals surface area contributed by atoms with Gasteiger partial charge in [-0.2, -0.15) is 0 Å². The number of fused-ring (bicyclic) bond motifs is 1. The van der Waals surface area contributed by atoms with Crippen LogP contribution in [0.4, 0.5) is 5.82 Å². The number of carbonyl (C=O) groups is 1. The molecule has 0 bridgehead atoms. The summed E-state index contributed by atoms with van der Waals surface area (Å²) in [4.78, 5) is 16.4. The summed E-state index contributed by atoms with van der Waals surface area (Å²) in [6.45, 7) is 1.72. The smallest absolute Gasteiger partial charge is 0.171 e. The van der Waals surface area contributed by atoms with Crippen molar-refractivity contribution in [2.24, 2.45) is 0 Å². The van der Waals surface area contributed by atoms with Crippen molar-refractivity contribution in [2.75, 3.05) is 24.6 Å². The van der Waals surface area contributed by atoms with Crippen LogP contribution in [0.5, 0.6) is 5.75 Å². The van der Waals surface area contributed by atoms with Gasteiger partial charge in [0.05, 0.1) is 13.1 Å². The lowest BCUT2D eigenvalue weighted by Crippen LogP contribution is -2.34. The molecule has 2 heterocycles. The molecular formula is C9H10N2O2. The van der Waals surface area contributed by atoms with Crippen molar-refractivity contribution >= 4 is 12.1 Å². The second kappa shape index (κ2) is 3.43. The molecule has 1 aliphatic rings. The number of hydrogen-bond donors (Lipinski definition) is 0. The van der Waals surface area contributed by atoms with Gasteiger partial charge >= 0.3 is 0 Å². The van der Waals surface area contributed by atoms with Crippen LogP contribution in [0.1, 0.15) is 0 Å². The molecule has 0 atom stereocenters. The normalized spacial score (nSPS) is 14.6. The van der Waals surface area contributed by atoms with Gasteiger partial charge in [0, 0.05) is 6.20 Å². The number of rotatable bonds is 2. The summed E-state index contributed by atoms with van der Waals surface area (Å²) in [6.07, 6.45) is 2.58. The third-order valence-corrected chi connectivity index (χ3v) is 1.96. The van der Waals surface area contributed by atoms with Crippen LogP contribution in [0.15, 0.2) is 18.3 Å². The van der Waals surface area contributed by atoms with E-state index in [4.69, 9.17) is 4.74 Å².